The van der Waals surface area contributed by atoms with E-state index in [1.807, 2.05) is 0 Å². The molecule has 0 heterocycles. The minimum Gasteiger partial charge on any atom is -0.478 e. The van der Waals surface area contributed by atoms with Crippen LogP contribution in [-0.2, 0) is 0 Å². The first kappa shape index (κ1) is 10.1. The second-order valence-corrected chi connectivity index (χ2v) is 3.08. The smallest absolute Gasteiger partial charge is 0.335 e. The summed E-state index contributed by atoms with van der Waals surface area (Å²) in [7, 11) is 0. The van der Waals surface area contributed by atoms with Gasteiger partial charge in [0.2, 0.25) is 0 Å². The number of carboxylic acid groups (broad SMARTS) is 1. The monoisotopic (exact) mass is 286 g/mol. The molecular formula is C10H7IO2. The molecule has 0 atom stereocenters. The van der Waals surface area contributed by atoms with Crippen LogP contribution < -0.4 is 0 Å². The van der Waals surface area contributed by atoms with Gasteiger partial charge in [0.15, 0.2) is 0 Å². The molecule has 66 valence electrons. The fourth-order valence-electron chi connectivity index (χ4n) is 0.865. The molecule has 0 saturated heterocycles. The van der Waals surface area contributed by atoms with Crippen LogP contribution in [0.5, 0.6) is 0 Å². The number of benzene rings is 1. The summed E-state index contributed by atoms with van der Waals surface area (Å²) in [6.45, 7) is 0. The molecule has 0 fully saturated rings. The molecule has 0 aliphatic rings. The number of carbonyl (C=O) groups is 1. The van der Waals surface area contributed by atoms with Crippen molar-refractivity contribution in [1.29, 1.82) is 0 Å². The highest BCUT2D eigenvalue weighted by molar-refractivity contribution is 14.1. The summed E-state index contributed by atoms with van der Waals surface area (Å²) in [4.78, 5) is 10.6. The number of alkyl halides is 1. The van der Waals surface area contributed by atoms with E-state index in [1.54, 1.807) is 24.3 Å². The predicted octanol–water partition coefficient (Wildman–Crippen LogP) is 2.17. The van der Waals surface area contributed by atoms with Gasteiger partial charge in [-0.05, 0) is 18.2 Å². The van der Waals surface area contributed by atoms with Crippen LogP contribution >= 0.6 is 22.6 Å². The third-order valence-corrected chi connectivity index (χ3v) is 1.79. The molecule has 0 aliphatic heterocycles. The fourth-order valence-corrected chi connectivity index (χ4v) is 1.06. The normalized spacial score (nSPS) is 8.69. The molecule has 3 heteroatoms. The highest BCUT2D eigenvalue weighted by Gasteiger charge is 2.00. The maximum absolute atomic E-state index is 10.6. The summed E-state index contributed by atoms with van der Waals surface area (Å²) in [5.74, 6) is 4.82. The Labute approximate surface area is 90.1 Å². The van der Waals surface area contributed by atoms with Gasteiger partial charge in [-0.2, -0.15) is 0 Å². The van der Waals surface area contributed by atoms with Gasteiger partial charge in [-0.1, -0.05) is 40.5 Å². The van der Waals surface area contributed by atoms with Crippen molar-refractivity contribution in [3.05, 3.63) is 35.4 Å². The Morgan fingerprint density at radius 1 is 1.54 bits per heavy atom. The molecule has 1 aromatic rings. The van der Waals surface area contributed by atoms with Crippen molar-refractivity contribution in [2.24, 2.45) is 0 Å². The average Bonchev–Trinajstić information content (AvgIpc) is 2.15. The lowest BCUT2D eigenvalue weighted by Gasteiger charge is -1.93. The van der Waals surface area contributed by atoms with E-state index in [4.69, 9.17) is 5.11 Å². The van der Waals surface area contributed by atoms with Crippen LogP contribution in [0.4, 0.5) is 0 Å². The van der Waals surface area contributed by atoms with Gasteiger partial charge in [-0.3, -0.25) is 0 Å². The summed E-state index contributed by atoms with van der Waals surface area (Å²) in [5, 5.41) is 8.69. The van der Waals surface area contributed by atoms with E-state index in [9.17, 15) is 4.79 Å². The van der Waals surface area contributed by atoms with E-state index in [2.05, 4.69) is 34.4 Å². The van der Waals surface area contributed by atoms with Crippen molar-refractivity contribution in [1.82, 2.24) is 0 Å². The maximum atomic E-state index is 10.6. The van der Waals surface area contributed by atoms with Gasteiger partial charge < -0.3 is 5.11 Å². The second kappa shape index (κ2) is 4.87. The minimum atomic E-state index is -0.918. The van der Waals surface area contributed by atoms with Crippen LogP contribution in [0, 0.1) is 11.8 Å². The first-order chi connectivity index (χ1) is 6.24. The van der Waals surface area contributed by atoms with Crippen LogP contribution in [0.2, 0.25) is 0 Å². The lowest BCUT2D eigenvalue weighted by Crippen LogP contribution is -1.95. The molecule has 1 aromatic carbocycles. The standard InChI is InChI=1S/C10H7IO2/c11-6-2-4-8-3-1-5-9(7-8)10(12)13/h1,3,5,7H,6H2,(H,12,13). The van der Waals surface area contributed by atoms with Gasteiger partial charge in [0.05, 0.1) is 9.99 Å². The molecule has 0 aromatic heterocycles. The SMILES string of the molecule is O=C(O)c1cccc(C#CCI)c1. The molecule has 0 saturated carbocycles. The first-order valence-electron chi connectivity index (χ1n) is 3.62. The van der Waals surface area contributed by atoms with E-state index >= 15 is 0 Å². The number of halogens is 1. The Hall–Kier alpha value is -1.02. The summed E-state index contributed by atoms with van der Waals surface area (Å²) in [5.41, 5.74) is 1.02. The van der Waals surface area contributed by atoms with Gasteiger partial charge in [0, 0.05) is 5.56 Å². The molecule has 2 nitrogen and oxygen atoms in total. The van der Waals surface area contributed by atoms with Crippen LogP contribution in [0.25, 0.3) is 0 Å². The van der Waals surface area contributed by atoms with Crippen LogP contribution in [0.15, 0.2) is 24.3 Å². The largest absolute Gasteiger partial charge is 0.478 e. The molecule has 1 N–H and O–H groups in total. The molecule has 0 spiro atoms. The number of hydrogen-bond acceptors (Lipinski definition) is 1. The van der Waals surface area contributed by atoms with Crippen molar-refractivity contribution in [3.8, 4) is 11.8 Å². The first-order valence-corrected chi connectivity index (χ1v) is 5.15. The zero-order valence-corrected chi connectivity index (χ0v) is 8.91. The molecule has 0 radical (unpaired) electrons. The minimum absolute atomic E-state index is 0.278. The second-order valence-electron chi connectivity index (χ2n) is 2.32. The van der Waals surface area contributed by atoms with Crippen molar-refractivity contribution in [2.75, 3.05) is 4.43 Å². The van der Waals surface area contributed by atoms with Crippen LogP contribution in [-0.4, -0.2) is 15.5 Å². The van der Waals surface area contributed by atoms with Gasteiger partial charge >= 0.3 is 5.97 Å². The summed E-state index contributed by atoms with van der Waals surface area (Å²) in [6.07, 6.45) is 0. The number of aromatic carboxylic acids is 1. The van der Waals surface area contributed by atoms with Crippen molar-refractivity contribution in [3.63, 3.8) is 0 Å². The average molecular weight is 286 g/mol. The number of hydrogen-bond donors (Lipinski definition) is 1. The molecule has 1 rings (SSSR count). The lowest BCUT2D eigenvalue weighted by molar-refractivity contribution is 0.0697. The van der Waals surface area contributed by atoms with Gasteiger partial charge in [-0.15, -0.1) is 0 Å². The summed E-state index contributed by atoms with van der Waals surface area (Å²) in [6, 6.07) is 6.62. The van der Waals surface area contributed by atoms with Gasteiger partial charge in [0.25, 0.3) is 0 Å². The molecule has 0 aliphatic carbocycles. The number of carboxylic acids is 1. The summed E-state index contributed by atoms with van der Waals surface area (Å²) >= 11 is 2.15. The van der Waals surface area contributed by atoms with Gasteiger partial charge in [0.1, 0.15) is 0 Å². The van der Waals surface area contributed by atoms with Crippen LogP contribution in [0.3, 0.4) is 0 Å². The van der Waals surface area contributed by atoms with E-state index in [0.29, 0.717) is 0 Å². The van der Waals surface area contributed by atoms with Crippen molar-refractivity contribution >= 4 is 28.6 Å². The van der Waals surface area contributed by atoms with Gasteiger partial charge in [-0.25, -0.2) is 4.79 Å². The quantitative estimate of drug-likeness (QED) is 0.488. The predicted molar refractivity (Wildman–Crippen MR) is 59.2 cm³/mol. The highest BCUT2D eigenvalue weighted by atomic mass is 127. The Morgan fingerprint density at radius 2 is 2.31 bits per heavy atom. The molecule has 0 bridgehead atoms. The van der Waals surface area contributed by atoms with E-state index in [0.717, 1.165) is 9.99 Å². The summed E-state index contributed by atoms with van der Waals surface area (Å²) < 4.78 is 0.745. The molecule has 0 amide bonds. The number of rotatable bonds is 1. The Morgan fingerprint density at radius 3 is 2.92 bits per heavy atom. The maximum Gasteiger partial charge on any atom is 0.335 e. The topological polar surface area (TPSA) is 37.3 Å². The molecular weight excluding hydrogens is 279 g/mol. The lowest BCUT2D eigenvalue weighted by atomic mass is 10.1. The van der Waals surface area contributed by atoms with Crippen molar-refractivity contribution < 1.29 is 9.90 Å². The third-order valence-electron chi connectivity index (χ3n) is 1.41. The van der Waals surface area contributed by atoms with E-state index < -0.39 is 5.97 Å². The third kappa shape index (κ3) is 3.07. The molecule has 0 unspecified atom stereocenters. The van der Waals surface area contributed by atoms with E-state index in [-0.39, 0.29) is 5.56 Å². The molecule has 13 heavy (non-hydrogen) atoms. The van der Waals surface area contributed by atoms with Crippen molar-refractivity contribution in [2.45, 2.75) is 0 Å². The van der Waals surface area contributed by atoms with E-state index in [1.165, 1.54) is 0 Å². The highest BCUT2D eigenvalue weighted by Crippen LogP contribution is 2.03. The Bertz CT molecular complexity index is 374. The Balaban J connectivity index is 2.98. The van der Waals surface area contributed by atoms with Crippen LogP contribution in [0.1, 0.15) is 15.9 Å². The Kier molecular flexibility index (Phi) is 3.77. The zero-order chi connectivity index (χ0) is 9.68. The zero-order valence-electron chi connectivity index (χ0n) is 6.75. The fraction of sp³-hybridized carbons (Fsp3) is 0.100.